The number of nitrogens with zero attached hydrogens (tertiary/aromatic N) is 3. The lowest BCUT2D eigenvalue weighted by atomic mass is 10.2. The Bertz CT molecular complexity index is 745. The summed E-state index contributed by atoms with van der Waals surface area (Å²) in [6, 6.07) is 6.87. The summed E-state index contributed by atoms with van der Waals surface area (Å²) < 4.78 is 26.6. The Morgan fingerprint density at radius 1 is 1.40 bits per heavy atom. The topological polar surface area (TPSA) is 102 Å². The van der Waals surface area contributed by atoms with Gasteiger partial charge < -0.3 is 9.88 Å². The quantitative estimate of drug-likeness (QED) is 0.879. The molecular formula is C12H13N5O2S. The molecule has 0 bridgehead atoms. The van der Waals surface area contributed by atoms with Gasteiger partial charge in [0.1, 0.15) is 6.07 Å². The van der Waals surface area contributed by atoms with Gasteiger partial charge in [0.15, 0.2) is 5.03 Å². The summed E-state index contributed by atoms with van der Waals surface area (Å²) in [5, 5.41) is 9.00. The normalized spacial score (nSPS) is 10.8. The Hall–Kier alpha value is -2.53. The number of aromatic nitrogens is 2. The number of hydrogen-bond donors (Lipinski definition) is 2. The van der Waals surface area contributed by atoms with Gasteiger partial charge in [-0.05, 0) is 18.2 Å². The number of rotatable bonds is 4. The zero-order valence-electron chi connectivity index (χ0n) is 11.0. The molecule has 0 saturated carbocycles. The fraction of sp³-hybridized carbons (Fsp3) is 0.167. The van der Waals surface area contributed by atoms with Gasteiger partial charge in [-0.25, -0.2) is 4.98 Å². The molecule has 8 heteroatoms. The molecule has 1 aromatic heterocycles. The number of nitrogens with one attached hydrogen (secondary N) is 2. The lowest BCUT2D eigenvalue weighted by molar-refractivity contribution is 0.598. The summed E-state index contributed by atoms with van der Waals surface area (Å²) in [7, 11) is -0.127. The monoisotopic (exact) mass is 291 g/mol. The molecule has 2 N–H and O–H groups in total. The fourth-order valence-electron chi connectivity index (χ4n) is 1.58. The standard InChI is InChI=1S/C12H13N5O2S/c1-17(2)10-4-3-9(6-13)11(5-10)16-20(18,19)12-7-14-8-15-12/h3-5,7-8,16H,1-2H3,(H,14,15). The Labute approximate surface area is 116 Å². The molecule has 0 unspecified atom stereocenters. The van der Waals surface area contributed by atoms with Gasteiger partial charge in [0.05, 0.1) is 23.8 Å². The number of aromatic amines is 1. The highest BCUT2D eigenvalue weighted by Crippen LogP contribution is 2.24. The van der Waals surface area contributed by atoms with E-state index in [0.29, 0.717) is 0 Å². The fourth-order valence-corrected chi connectivity index (χ4v) is 2.56. The molecule has 0 aliphatic heterocycles. The molecule has 0 radical (unpaired) electrons. The van der Waals surface area contributed by atoms with E-state index in [0.717, 1.165) is 5.69 Å². The third-order valence-corrected chi connectivity index (χ3v) is 3.94. The van der Waals surface area contributed by atoms with Crippen LogP contribution in [0.5, 0.6) is 0 Å². The molecule has 1 heterocycles. The number of hydrogen-bond acceptors (Lipinski definition) is 5. The highest BCUT2D eigenvalue weighted by molar-refractivity contribution is 7.92. The molecule has 7 nitrogen and oxygen atoms in total. The van der Waals surface area contributed by atoms with E-state index in [9.17, 15) is 8.42 Å². The first-order chi connectivity index (χ1) is 9.44. The Balaban J connectivity index is 2.43. The minimum Gasteiger partial charge on any atom is -0.378 e. The predicted octanol–water partition coefficient (Wildman–Crippen LogP) is 1.15. The third-order valence-electron chi connectivity index (χ3n) is 2.65. The minimum atomic E-state index is -3.78. The van der Waals surface area contributed by atoms with Crippen molar-refractivity contribution in [3.8, 4) is 6.07 Å². The second-order valence-electron chi connectivity index (χ2n) is 4.26. The Morgan fingerprint density at radius 3 is 2.70 bits per heavy atom. The lowest BCUT2D eigenvalue weighted by Crippen LogP contribution is -2.15. The highest BCUT2D eigenvalue weighted by atomic mass is 32.2. The van der Waals surface area contributed by atoms with E-state index in [2.05, 4.69) is 14.7 Å². The lowest BCUT2D eigenvalue weighted by Gasteiger charge is -2.15. The molecule has 0 atom stereocenters. The smallest absolute Gasteiger partial charge is 0.279 e. The van der Waals surface area contributed by atoms with Crippen LogP contribution >= 0.6 is 0 Å². The number of imidazole rings is 1. The summed E-state index contributed by atoms with van der Waals surface area (Å²) in [5.41, 5.74) is 1.26. The van der Waals surface area contributed by atoms with Gasteiger partial charge in [-0.1, -0.05) is 0 Å². The van der Waals surface area contributed by atoms with Crippen molar-refractivity contribution in [2.24, 2.45) is 0 Å². The summed E-state index contributed by atoms with van der Waals surface area (Å²) in [6.45, 7) is 0. The highest BCUT2D eigenvalue weighted by Gasteiger charge is 2.18. The number of sulfonamides is 1. The van der Waals surface area contributed by atoms with Crippen LogP contribution < -0.4 is 9.62 Å². The van der Waals surface area contributed by atoms with Crippen molar-refractivity contribution in [3.05, 3.63) is 36.3 Å². The van der Waals surface area contributed by atoms with Crippen LogP contribution in [0.3, 0.4) is 0 Å². The van der Waals surface area contributed by atoms with Gasteiger partial charge >= 0.3 is 0 Å². The molecule has 0 fully saturated rings. The van der Waals surface area contributed by atoms with E-state index in [-0.39, 0.29) is 16.3 Å². The summed E-state index contributed by atoms with van der Waals surface area (Å²) in [4.78, 5) is 8.00. The van der Waals surface area contributed by atoms with Crippen LogP contribution in [0.2, 0.25) is 0 Å². The Morgan fingerprint density at radius 2 is 2.15 bits per heavy atom. The van der Waals surface area contributed by atoms with Crippen molar-refractivity contribution in [1.29, 1.82) is 5.26 Å². The van der Waals surface area contributed by atoms with E-state index in [4.69, 9.17) is 5.26 Å². The van der Waals surface area contributed by atoms with Crippen molar-refractivity contribution in [3.63, 3.8) is 0 Å². The molecule has 2 aromatic rings. The second kappa shape index (κ2) is 5.22. The number of anilines is 2. The second-order valence-corrected chi connectivity index (χ2v) is 5.91. The van der Waals surface area contributed by atoms with E-state index >= 15 is 0 Å². The zero-order valence-corrected chi connectivity index (χ0v) is 11.8. The molecule has 1 aromatic carbocycles. The maximum atomic E-state index is 12.1. The van der Waals surface area contributed by atoms with Crippen molar-refractivity contribution in [1.82, 2.24) is 9.97 Å². The summed E-state index contributed by atoms with van der Waals surface area (Å²) in [6.07, 6.45) is 2.47. The molecule has 104 valence electrons. The molecule has 0 amide bonds. The van der Waals surface area contributed by atoms with Crippen LogP contribution in [0, 0.1) is 11.3 Å². The number of benzene rings is 1. The zero-order chi connectivity index (χ0) is 14.8. The van der Waals surface area contributed by atoms with E-state index in [1.165, 1.54) is 12.5 Å². The van der Waals surface area contributed by atoms with Crippen LogP contribution in [0.15, 0.2) is 35.7 Å². The van der Waals surface area contributed by atoms with Crippen molar-refractivity contribution in [2.75, 3.05) is 23.7 Å². The summed E-state index contributed by atoms with van der Waals surface area (Å²) >= 11 is 0. The maximum absolute atomic E-state index is 12.1. The van der Waals surface area contributed by atoms with Crippen molar-refractivity contribution < 1.29 is 8.42 Å². The molecule has 2 rings (SSSR count). The van der Waals surface area contributed by atoms with Crippen LogP contribution in [0.4, 0.5) is 11.4 Å². The van der Waals surface area contributed by atoms with Crippen LogP contribution in [0.1, 0.15) is 5.56 Å². The van der Waals surface area contributed by atoms with E-state index in [1.54, 1.807) is 18.2 Å². The van der Waals surface area contributed by atoms with Gasteiger partial charge in [0.25, 0.3) is 10.0 Å². The first-order valence-electron chi connectivity index (χ1n) is 5.67. The first kappa shape index (κ1) is 13.9. The van der Waals surface area contributed by atoms with Crippen LogP contribution in [-0.2, 0) is 10.0 Å². The largest absolute Gasteiger partial charge is 0.378 e. The first-order valence-corrected chi connectivity index (χ1v) is 7.15. The van der Waals surface area contributed by atoms with Crippen molar-refractivity contribution >= 4 is 21.4 Å². The molecule has 0 spiro atoms. The van der Waals surface area contributed by atoms with Gasteiger partial charge in [0, 0.05) is 19.8 Å². The van der Waals surface area contributed by atoms with Gasteiger partial charge in [0.2, 0.25) is 0 Å². The SMILES string of the molecule is CN(C)c1ccc(C#N)c(NS(=O)(=O)c2cnc[nH]2)c1. The third kappa shape index (κ3) is 2.73. The number of nitriles is 1. The van der Waals surface area contributed by atoms with E-state index < -0.39 is 10.0 Å². The predicted molar refractivity (Wildman–Crippen MR) is 74.9 cm³/mol. The van der Waals surface area contributed by atoms with Crippen LogP contribution in [0.25, 0.3) is 0 Å². The average Bonchev–Trinajstić information content (AvgIpc) is 2.92. The number of H-pyrrole nitrogens is 1. The Kier molecular flexibility index (Phi) is 3.63. The molecular weight excluding hydrogens is 278 g/mol. The van der Waals surface area contributed by atoms with Gasteiger partial charge in [-0.2, -0.15) is 13.7 Å². The minimum absolute atomic E-state index is 0.0587. The van der Waals surface area contributed by atoms with Gasteiger partial charge in [-0.3, -0.25) is 4.72 Å². The average molecular weight is 291 g/mol. The molecule has 0 saturated heterocycles. The molecule has 0 aliphatic rings. The summed E-state index contributed by atoms with van der Waals surface area (Å²) in [5.74, 6) is 0. The van der Waals surface area contributed by atoms with Crippen molar-refractivity contribution in [2.45, 2.75) is 5.03 Å². The maximum Gasteiger partial charge on any atom is 0.279 e. The van der Waals surface area contributed by atoms with E-state index in [1.807, 2.05) is 25.1 Å². The molecule has 0 aliphatic carbocycles. The molecule has 20 heavy (non-hydrogen) atoms. The van der Waals surface area contributed by atoms with Gasteiger partial charge in [-0.15, -0.1) is 0 Å². The van der Waals surface area contributed by atoms with Crippen LogP contribution in [-0.4, -0.2) is 32.5 Å².